The fraction of sp³-hybridized carbons (Fsp3) is 0.333. The van der Waals surface area contributed by atoms with Gasteiger partial charge in [-0.15, -0.1) is 11.8 Å². The van der Waals surface area contributed by atoms with Crippen LogP contribution in [0.15, 0.2) is 29.3 Å². The number of benzene rings is 1. The van der Waals surface area contributed by atoms with E-state index in [2.05, 4.69) is 4.99 Å². The molecule has 0 fully saturated rings. The Morgan fingerprint density at radius 2 is 2.28 bits per heavy atom. The highest BCUT2D eigenvalue weighted by Gasteiger charge is 2.34. The summed E-state index contributed by atoms with van der Waals surface area (Å²) in [6, 6.07) is 7.01. The van der Waals surface area contributed by atoms with E-state index in [9.17, 15) is 9.90 Å². The van der Waals surface area contributed by atoms with Gasteiger partial charge in [-0.1, -0.05) is 18.2 Å². The van der Waals surface area contributed by atoms with E-state index in [0.29, 0.717) is 12.2 Å². The van der Waals surface area contributed by atoms with Gasteiger partial charge >= 0.3 is 6.16 Å². The number of para-hydroxylation sites is 1. The number of hydrogen-bond acceptors (Lipinski definition) is 5. The van der Waals surface area contributed by atoms with E-state index in [0.717, 1.165) is 10.6 Å². The first-order valence-corrected chi connectivity index (χ1v) is 6.37. The van der Waals surface area contributed by atoms with E-state index in [1.54, 1.807) is 19.1 Å². The SMILES string of the molecule is C[C@]1(OC(=O)O)CSC(Cc2ccccc2O)=N1. The average molecular weight is 267 g/mol. The molecule has 2 rings (SSSR count). The standard InChI is InChI=1S/C12H13NO4S/c1-12(17-11(15)16)7-18-10(13-12)6-8-4-2-3-5-9(8)14/h2-5,14H,6-7H2,1H3,(H,15,16)/t12-/m0/s1. The van der Waals surface area contributed by atoms with Gasteiger partial charge in [0, 0.05) is 12.0 Å². The number of phenols is 1. The average Bonchev–Trinajstić information content (AvgIpc) is 2.62. The molecule has 1 aromatic rings. The fourth-order valence-electron chi connectivity index (χ4n) is 1.70. The number of hydrogen-bond donors (Lipinski definition) is 2. The maximum atomic E-state index is 10.5. The first-order chi connectivity index (χ1) is 8.48. The molecule has 1 aliphatic heterocycles. The molecule has 0 amide bonds. The van der Waals surface area contributed by atoms with Gasteiger partial charge in [0.25, 0.3) is 0 Å². The highest BCUT2D eigenvalue weighted by atomic mass is 32.2. The van der Waals surface area contributed by atoms with Crippen molar-refractivity contribution < 1.29 is 19.7 Å². The second kappa shape index (κ2) is 4.89. The smallest absolute Gasteiger partial charge is 0.507 e. The van der Waals surface area contributed by atoms with E-state index >= 15 is 0 Å². The van der Waals surface area contributed by atoms with Crippen molar-refractivity contribution >= 4 is 23.0 Å². The molecule has 0 unspecified atom stereocenters. The summed E-state index contributed by atoms with van der Waals surface area (Å²) in [4.78, 5) is 14.8. The molecule has 0 radical (unpaired) electrons. The van der Waals surface area contributed by atoms with Crippen LogP contribution in [0.25, 0.3) is 0 Å². The summed E-state index contributed by atoms with van der Waals surface area (Å²) in [6.45, 7) is 1.63. The van der Waals surface area contributed by atoms with Gasteiger partial charge in [0.1, 0.15) is 5.75 Å². The van der Waals surface area contributed by atoms with Gasteiger partial charge in [-0.25, -0.2) is 9.79 Å². The molecule has 0 aliphatic carbocycles. The molecule has 0 saturated carbocycles. The highest BCUT2D eigenvalue weighted by molar-refractivity contribution is 8.14. The first kappa shape index (κ1) is 12.8. The molecule has 0 aromatic heterocycles. The van der Waals surface area contributed by atoms with Gasteiger partial charge in [-0.05, 0) is 13.0 Å². The van der Waals surface area contributed by atoms with Gasteiger partial charge in [0.15, 0.2) is 0 Å². The lowest BCUT2D eigenvalue weighted by molar-refractivity contribution is 0.0136. The fourth-order valence-corrected chi connectivity index (χ4v) is 2.77. The summed E-state index contributed by atoms with van der Waals surface area (Å²) in [7, 11) is 0. The summed E-state index contributed by atoms with van der Waals surface area (Å²) < 4.78 is 4.74. The van der Waals surface area contributed by atoms with Crippen molar-refractivity contribution in [3.05, 3.63) is 29.8 Å². The second-order valence-corrected chi connectivity index (χ2v) is 5.19. The summed E-state index contributed by atoms with van der Waals surface area (Å²) in [5, 5.41) is 19.0. The highest BCUT2D eigenvalue weighted by Crippen LogP contribution is 2.31. The molecule has 1 atom stereocenters. The van der Waals surface area contributed by atoms with Crippen molar-refractivity contribution in [3.8, 4) is 5.75 Å². The third-order valence-corrected chi connectivity index (χ3v) is 3.76. The number of carboxylic acid groups (broad SMARTS) is 1. The number of aliphatic imine (C=N–C) groups is 1. The van der Waals surface area contributed by atoms with Crippen molar-refractivity contribution in [1.29, 1.82) is 0 Å². The number of rotatable bonds is 3. The van der Waals surface area contributed by atoms with Crippen LogP contribution in [-0.2, 0) is 11.2 Å². The first-order valence-electron chi connectivity index (χ1n) is 5.39. The predicted molar refractivity (Wildman–Crippen MR) is 69.2 cm³/mol. The van der Waals surface area contributed by atoms with E-state index in [-0.39, 0.29) is 5.75 Å². The predicted octanol–water partition coefficient (Wildman–Crippen LogP) is 2.49. The zero-order chi connectivity index (χ0) is 13.2. The van der Waals surface area contributed by atoms with Crippen LogP contribution in [0.4, 0.5) is 4.79 Å². The number of thioether (sulfide) groups is 1. The lowest BCUT2D eigenvalue weighted by Crippen LogP contribution is -2.29. The maximum Gasteiger partial charge on any atom is 0.507 e. The molecule has 1 heterocycles. The van der Waals surface area contributed by atoms with Crippen LogP contribution in [-0.4, -0.2) is 32.9 Å². The Labute approximate surface area is 108 Å². The van der Waals surface area contributed by atoms with Crippen LogP contribution in [0.2, 0.25) is 0 Å². The van der Waals surface area contributed by atoms with Crippen molar-refractivity contribution in [1.82, 2.24) is 0 Å². The summed E-state index contributed by atoms with van der Waals surface area (Å²) in [6.07, 6.45) is -0.846. The van der Waals surface area contributed by atoms with Gasteiger partial charge < -0.3 is 14.9 Å². The Morgan fingerprint density at radius 1 is 1.56 bits per heavy atom. The molecule has 2 N–H and O–H groups in total. The third-order valence-electron chi connectivity index (χ3n) is 2.51. The molecule has 1 aliphatic rings. The summed E-state index contributed by atoms with van der Waals surface area (Å²) in [5.41, 5.74) is -0.251. The number of phenolic OH excluding ortho intramolecular Hbond substituents is 1. The van der Waals surface area contributed by atoms with Gasteiger partial charge in [0.2, 0.25) is 5.72 Å². The molecule has 1 aromatic carbocycles. The molecule has 6 heteroatoms. The van der Waals surface area contributed by atoms with Crippen LogP contribution >= 0.6 is 11.8 Å². The molecular weight excluding hydrogens is 254 g/mol. The third kappa shape index (κ3) is 2.95. The Bertz CT molecular complexity index is 503. The van der Waals surface area contributed by atoms with E-state index in [1.165, 1.54) is 11.8 Å². The topological polar surface area (TPSA) is 79.1 Å². The molecule has 18 heavy (non-hydrogen) atoms. The number of carbonyl (C=O) groups is 1. The van der Waals surface area contributed by atoms with Gasteiger partial charge in [0.05, 0.1) is 10.8 Å². The normalized spacial score (nSPS) is 22.6. The van der Waals surface area contributed by atoms with E-state index in [4.69, 9.17) is 9.84 Å². The molecular formula is C12H13NO4S. The van der Waals surface area contributed by atoms with E-state index in [1.807, 2.05) is 12.1 Å². The Morgan fingerprint density at radius 3 is 2.94 bits per heavy atom. The second-order valence-electron chi connectivity index (χ2n) is 4.14. The van der Waals surface area contributed by atoms with Crippen molar-refractivity contribution in [2.45, 2.75) is 19.1 Å². The number of nitrogens with zero attached hydrogens (tertiary/aromatic N) is 1. The van der Waals surface area contributed by atoms with Crippen molar-refractivity contribution in [3.63, 3.8) is 0 Å². The maximum absolute atomic E-state index is 10.5. The number of aromatic hydroxyl groups is 1. The van der Waals surface area contributed by atoms with Crippen LogP contribution in [0.3, 0.4) is 0 Å². The van der Waals surface area contributed by atoms with Gasteiger partial charge in [-0.3, -0.25) is 0 Å². The molecule has 96 valence electrons. The van der Waals surface area contributed by atoms with E-state index < -0.39 is 11.9 Å². The van der Waals surface area contributed by atoms with Crippen LogP contribution in [0.5, 0.6) is 5.75 Å². The van der Waals surface area contributed by atoms with Crippen molar-refractivity contribution in [2.75, 3.05) is 5.75 Å². The molecule has 0 saturated heterocycles. The van der Waals surface area contributed by atoms with Crippen LogP contribution in [0.1, 0.15) is 12.5 Å². The Kier molecular flexibility index (Phi) is 3.47. The van der Waals surface area contributed by atoms with Crippen LogP contribution in [0, 0.1) is 0 Å². The lowest BCUT2D eigenvalue weighted by atomic mass is 10.1. The lowest BCUT2D eigenvalue weighted by Gasteiger charge is -2.17. The van der Waals surface area contributed by atoms with Gasteiger partial charge in [-0.2, -0.15) is 0 Å². The molecule has 5 nitrogen and oxygen atoms in total. The minimum atomic E-state index is -1.33. The zero-order valence-electron chi connectivity index (χ0n) is 9.79. The summed E-state index contributed by atoms with van der Waals surface area (Å²) in [5.74, 6) is 0.677. The quantitative estimate of drug-likeness (QED) is 0.822. The molecule has 0 bridgehead atoms. The largest absolute Gasteiger partial charge is 0.508 e. The minimum absolute atomic E-state index is 0.216. The monoisotopic (exact) mass is 267 g/mol. The molecule has 0 spiro atoms. The minimum Gasteiger partial charge on any atom is -0.508 e. The number of ether oxygens (including phenoxy) is 1. The Hall–Kier alpha value is -1.69. The summed E-state index contributed by atoms with van der Waals surface area (Å²) >= 11 is 1.45. The Balaban J connectivity index is 2.10. The van der Waals surface area contributed by atoms with Crippen LogP contribution < -0.4 is 0 Å². The van der Waals surface area contributed by atoms with Crippen molar-refractivity contribution in [2.24, 2.45) is 4.99 Å². The zero-order valence-corrected chi connectivity index (χ0v) is 10.6.